The topological polar surface area (TPSA) is 578 Å². The van der Waals surface area contributed by atoms with Gasteiger partial charge in [0.15, 0.2) is 18.9 Å². The number of aliphatic hydroxyl groups excluding tert-OH is 15. The van der Waals surface area contributed by atoms with E-state index in [0.717, 1.165) is 27.7 Å². The third kappa shape index (κ3) is 15.0. The maximum absolute atomic E-state index is 13.2. The Bertz CT molecular complexity index is 2120. The Morgan fingerprint density at radius 1 is 0.500 bits per heavy atom. The lowest BCUT2D eigenvalue weighted by molar-refractivity contribution is -0.370. The van der Waals surface area contributed by atoms with Crippen LogP contribution in [0.25, 0.3) is 0 Å². The number of rotatable bonds is 23. The maximum atomic E-state index is 13.2. The van der Waals surface area contributed by atoms with Crippen LogP contribution in [-0.4, -0.2) is 320 Å². The number of carbonyl (C=O) groups is 6. The molecule has 0 aromatic rings. The van der Waals surface area contributed by atoms with Gasteiger partial charge in [0, 0.05) is 40.5 Å². The number of carbonyl (C=O) groups excluding carboxylic acids is 4. The Morgan fingerprint density at radius 2 is 0.912 bits per heavy atom. The van der Waals surface area contributed by atoms with Gasteiger partial charge in [0.2, 0.25) is 23.6 Å². The highest BCUT2D eigenvalue weighted by atomic mass is 16.8. The van der Waals surface area contributed by atoms with Crippen LogP contribution in [0.15, 0.2) is 0 Å². The van der Waals surface area contributed by atoms with Crippen molar-refractivity contribution in [2.24, 2.45) is 0 Å². The molecule has 0 spiro atoms. The Hall–Kier alpha value is -4.14. The summed E-state index contributed by atoms with van der Waals surface area (Å²) < 4.78 is 51.9. The fourth-order valence-electron chi connectivity index (χ4n) is 9.83. The van der Waals surface area contributed by atoms with Crippen molar-refractivity contribution in [3.05, 3.63) is 0 Å². The van der Waals surface area contributed by atoms with E-state index < -0.39 is 246 Å². The molecule has 27 atom stereocenters. The zero-order valence-corrected chi connectivity index (χ0v) is 43.1. The lowest BCUT2D eigenvalue weighted by Crippen LogP contribution is -2.71. The normalized spacial score (nSPS) is 42.0. The molecule has 0 aromatic carbocycles. The largest absolute Gasteiger partial charge is 0.477 e. The minimum absolute atomic E-state index is 0.818. The molecule has 5 heterocycles. The average molecular weight is 1170 g/mol. The first-order valence-electron chi connectivity index (χ1n) is 24.8. The van der Waals surface area contributed by atoms with E-state index >= 15 is 0 Å². The van der Waals surface area contributed by atoms with Crippen molar-refractivity contribution >= 4 is 35.6 Å². The summed E-state index contributed by atoms with van der Waals surface area (Å²) in [5, 5.41) is 192. The van der Waals surface area contributed by atoms with E-state index in [1.807, 2.05) is 0 Å². The van der Waals surface area contributed by atoms with Crippen molar-refractivity contribution in [3.8, 4) is 0 Å². The molecule has 460 valence electrons. The molecular formula is C44H72N4O32. The quantitative estimate of drug-likeness (QED) is 0.0452. The first-order valence-corrected chi connectivity index (χ1v) is 24.8. The van der Waals surface area contributed by atoms with E-state index in [1.165, 1.54) is 0 Å². The highest BCUT2D eigenvalue weighted by Gasteiger charge is 2.60. The van der Waals surface area contributed by atoms with Crippen LogP contribution in [0, 0.1) is 0 Å². The molecule has 0 radical (unpaired) electrons. The van der Waals surface area contributed by atoms with Crippen molar-refractivity contribution < 1.29 is 158 Å². The monoisotopic (exact) mass is 1170 g/mol. The van der Waals surface area contributed by atoms with Crippen molar-refractivity contribution in [3.63, 3.8) is 0 Å². The number of carboxylic acids is 2. The maximum Gasteiger partial charge on any atom is 0.364 e. The van der Waals surface area contributed by atoms with Crippen molar-refractivity contribution in [1.82, 2.24) is 21.3 Å². The van der Waals surface area contributed by atoms with Crippen molar-refractivity contribution in [2.45, 2.75) is 205 Å². The number of hydrogen-bond acceptors (Lipinski definition) is 30. The Balaban J connectivity index is 1.55. The highest BCUT2D eigenvalue weighted by molar-refractivity contribution is 5.77. The van der Waals surface area contributed by atoms with Gasteiger partial charge in [-0.15, -0.1) is 0 Å². The van der Waals surface area contributed by atoms with E-state index in [0.29, 0.717) is 0 Å². The number of amides is 4. The van der Waals surface area contributed by atoms with Crippen LogP contribution < -0.4 is 21.3 Å². The SMILES string of the molecule is CC(=O)N[C@H]1[C@H](O[C@H]2[C@@H](O)[C@@H](CO[C@]3(C(=O)O)C[C@H](O)[C@@H](NC(C)=O)[C@H]([C@H](O)[C@H](O)CO)O3)OC(O)[C@@H]2NC(C)=O)O[C@H](CO[C@]2(C(=O)O)C[C@H](O)[C@@H](NC(C)=O)[C@H]([C@H](O)[C@H](O)CO)O2)[C@@H](O[C@@H]2O[C@H](CO)[C@H](O)[C@H](O)[C@H]2O)[C@@H]1O. The second kappa shape index (κ2) is 28.0. The van der Waals surface area contributed by atoms with Crippen molar-refractivity contribution in [2.75, 3.05) is 33.0 Å². The van der Waals surface area contributed by atoms with Crippen molar-refractivity contribution in [1.29, 1.82) is 0 Å². The predicted molar refractivity (Wildman–Crippen MR) is 247 cm³/mol. The molecule has 5 aliphatic rings. The first-order chi connectivity index (χ1) is 37.4. The fourth-order valence-corrected chi connectivity index (χ4v) is 9.83. The van der Waals surface area contributed by atoms with Gasteiger partial charge in [-0.2, -0.15) is 0 Å². The molecule has 0 saturated carbocycles. The minimum atomic E-state index is -3.15. The van der Waals surface area contributed by atoms with Crippen LogP contribution in [0.1, 0.15) is 40.5 Å². The molecule has 21 N–H and O–H groups in total. The number of ether oxygens (including phenoxy) is 9. The zero-order valence-electron chi connectivity index (χ0n) is 43.1. The van der Waals surface area contributed by atoms with E-state index in [4.69, 9.17) is 42.6 Å². The van der Waals surface area contributed by atoms with Gasteiger partial charge >= 0.3 is 11.9 Å². The summed E-state index contributed by atoms with van der Waals surface area (Å²) in [4.78, 5) is 75.8. The van der Waals surface area contributed by atoms with Crippen LogP contribution in [0.4, 0.5) is 0 Å². The van der Waals surface area contributed by atoms with Gasteiger partial charge in [-0.05, 0) is 0 Å². The number of aliphatic hydroxyl groups is 15. The summed E-state index contributed by atoms with van der Waals surface area (Å²) in [6.45, 7) is -1.94. The molecule has 5 fully saturated rings. The number of carboxylic acid groups (broad SMARTS) is 2. The van der Waals surface area contributed by atoms with Gasteiger partial charge in [0.25, 0.3) is 11.6 Å². The van der Waals surface area contributed by atoms with Gasteiger partial charge < -0.3 is 151 Å². The van der Waals surface area contributed by atoms with Crippen LogP contribution in [0.2, 0.25) is 0 Å². The predicted octanol–water partition coefficient (Wildman–Crippen LogP) is -12.9. The molecule has 5 rings (SSSR count). The van der Waals surface area contributed by atoms with E-state index in [2.05, 4.69) is 21.3 Å². The molecule has 5 aliphatic heterocycles. The third-order valence-electron chi connectivity index (χ3n) is 13.9. The smallest absolute Gasteiger partial charge is 0.364 e. The zero-order chi connectivity index (χ0) is 60.0. The standard InChI is InChI=1S/C44H72N4O32/c1-12(52)45-23-16(56)5-43(41(68)69,79-36(23)27(60)18(58)7-49)72-10-21-30(63)35(26(38(67)74-21)48-15(4)55)78-39-25(47-14(3)54)31(64)34(77-40-33(66)32(65)29(62)20(9-51)75-40)22(76-39)11-73-44(42(70)71)6-17(57)24(46-13(2)53)37(80-44)28(61)19(59)8-50/h16-40,49-51,56-67H,5-11H2,1-4H3,(H,45,52)(H,46,53)(H,47,54)(H,48,55)(H,68,69)(H,70,71)/t16-,17-,18+,19+,20+,21+,22+,23+,24+,25+,26+,27+,28+,29-,30-,31+,32-,33+,34+,35+,36+,37+,38?,39-,40-,43+,44+/m0/s1. The summed E-state index contributed by atoms with van der Waals surface area (Å²) in [6, 6.07) is -7.23. The average Bonchev–Trinajstić information content (AvgIpc) is 3.40. The molecule has 5 saturated heterocycles. The molecule has 80 heavy (non-hydrogen) atoms. The molecule has 1 unspecified atom stereocenters. The van der Waals surface area contributed by atoms with Gasteiger partial charge in [-0.25, -0.2) is 9.59 Å². The summed E-state index contributed by atoms with van der Waals surface area (Å²) in [6.07, 6.45) is -46.5. The second-order valence-corrected chi connectivity index (χ2v) is 19.8. The van der Waals surface area contributed by atoms with Crippen LogP contribution >= 0.6 is 0 Å². The molecule has 0 aromatic heterocycles. The summed E-state index contributed by atoms with van der Waals surface area (Å²) in [7, 11) is 0. The number of hydrogen-bond donors (Lipinski definition) is 21. The highest BCUT2D eigenvalue weighted by Crippen LogP contribution is 2.39. The van der Waals surface area contributed by atoms with Crippen LogP contribution in [-0.2, 0) is 71.4 Å². The Kier molecular flexibility index (Phi) is 23.3. The third-order valence-corrected chi connectivity index (χ3v) is 13.9. The lowest BCUT2D eigenvalue weighted by Gasteiger charge is -2.51. The Morgan fingerprint density at radius 3 is 1.34 bits per heavy atom. The van der Waals surface area contributed by atoms with Gasteiger partial charge in [-0.1, -0.05) is 0 Å². The summed E-state index contributed by atoms with van der Waals surface area (Å²) in [5.41, 5.74) is 0. The van der Waals surface area contributed by atoms with Crippen LogP contribution in [0.3, 0.4) is 0 Å². The number of nitrogens with one attached hydrogen (secondary N) is 4. The summed E-state index contributed by atoms with van der Waals surface area (Å²) >= 11 is 0. The molecule has 0 aliphatic carbocycles. The summed E-state index contributed by atoms with van der Waals surface area (Å²) in [5.74, 6) is -13.9. The van der Waals surface area contributed by atoms with Gasteiger partial charge in [0.1, 0.15) is 110 Å². The molecule has 4 amide bonds. The van der Waals surface area contributed by atoms with E-state index in [1.54, 1.807) is 0 Å². The van der Waals surface area contributed by atoms with Crippen LogP contribution in [0.5, 0.6) is 0 Å². The molecule has 36 nitrogen and oxygen atoms in total. The van der Waals surface area contributed by atoms with Gasteiger partial charge in [0.05, 0.1) is 57.3 Å². The molecule has 36 heteroatoms. The van der Waals surface area contributed by atoms with E-state index in [-0.39, 0.29) is 0 Å². The first kappa shape index (κ1) is 66.7. The molecule has 0 bridgehead atoms. The van der Waals surface area contributed by atoms with Gasteiger partial charge in [-0.3, -0.25) is 19.2 Å². The number of aliphatic carboxylic acids is 2. The van der Waals surface area contributed by atoms with E-state index in [9.17, 15) is 116 Å². The minimum Gasteiger partial charge on any atom is -0.477 e. The Labute approximate surface area is 452 Å². The fraction of sp³-hybridized carbons (Fsp3) is 0.864. The second-order valence-electron chi connectivity index (χ2n) is 19.8. The molecular weight excluding hydrogens is 1100 g/mol. The lowest BCUT2D eigenvalue weighted by atomic mass is 9.88.